The molecule has 2 N–H and O–H groups in total. The Bertz CT molecular complexity index is 886. The fourth-order valence-corrected chi connectivity index (χ4v) is 3.90. The van der Waals surface area contributed by atoms with Crippen LogP contribution in [0.1, 0.15) is 83.0 Å². The number of rotatable bonds is 3. The van der Waals surface area contributed by atoms with Gasteiger partial charge in [-0.2, -0.15) is 5.10 Å². The normalized spacial score (nSPS) is 16.7. The van der Waals surface area contributed by atoms with Crippen LogP contribution in [-0.4, -0.2) is 33.8 Å². The number of aromatic amines is 1. The molecule has 0 bridgehead atoms. The molecule has 1 aliphatic rings. The largest absolute Gasteiger partial charge is 0.465 e. The molecule has 1 amide bonds. The van der Waals surface area contributed by atoms with Crippen molar-refractivity contribution in [2.75, 3.05) is 7.11 Å². The number of fused-ring (bicyclic) bond motifs is 1. The van der Waals surface area contributed by atoms with Crippen molar-refractivity contribution in [2.45, 2.75) is 65.5 Å². The first-order valence-corrected chi connectivity index (χ1v) is 9.30. The predicted octanol–water partition coefficient (Wildman–Crippen LogP) is 3.18. The van der Waals surface area contributed by atoms with Crippen molar-refractivity contribution < 1.29 is 14.3 Å². The van der Waals surface area contributed by atoms with Gasteiger partial charge < -0.3 is 15.0 Å². The van der Waals surface area contributed by atoms with Crippen molar-refractivity contribution >= 4 is 11.9 Å². The average molecular weight is 372 g/mol. The van der Waals surface area contributed by atoms with E-state index in [1.807, 2.05) is 6.20 Å². The van der Waals surface area contributed by atoms with Crippen molar-refractivity contribution in [3.8, 4) is 0 Å². The van der Waals surface area contributed by atoms with E-state index in [2.05, 4.69) is 40.9 Å². The van der Waals surface area contributed by atoms with Gasteiger partial charge in [0.2, 0.25) is 0 Å². The highest BCUT2D eigenvalue weighted by molar-refractivity contribution is 6.00. The zero-order chi connectivity index (χ0) is 19.9. The minimum Gasteiger partial charge on any atom is -0.465 e. The maximum absolute atomic E-state index is 12.9. The molecule has 7 nitrogen and oxygen atoms in total. The lowest BCUT2D eigenvalue weighted by Gasteiger charge is -2.28. The predicted molar refractivity (Wildman–Crippen MR) is 102 cm³/mol. The number of nitrogens with zero attached hydrogens (tertiary/aromatic N) is 2. The van der Waals surface area contributed by atoms with Crippen LogP contribution in [0, 0.1) is 13.8 Å². The second-order valence-electron chi connectivity index (χ2n) is 8.16. The maximum Gasteiger partial charge on any atom is 0.339 e. The molecule has 2 aromatic rings. The number of hydrogen-bond acceptors (Lipinski definition) is 4. The van der Waals surface area contributed by atoms with Gasteiger partial charge in [0, 0.05) is 17.0 Å². The van der Waals surface area contributed by atoms with Crippen LogP contribution in [0.25, 0.3) is 0 Å². The van der Waals surface area contributed by atoms with E-state index in [0.29, 0.717) is 22.5 Å². The summed E-state index contributed by atoms with van der Waals surface area (Å²) in [4.78, 5) is 27.9. The van der Waals surface area contributed by atoms with Crippen molar-refractivity contribution in [1.29, 1.82) is 0 Å². The Morgan fingerprint density at radius 1 is 1.33 bits per heavy atom. The Kier molecular flexibility index (Phi) is 4.88. The lowest BCUT2D eigenvalue weighted by molar-refractivity contribution is 0.0599. The third-order valence-corrected chi connectivity index (χ3v) is 5.18. The molecule has 0 aliphatic heterocycles. The summed E-state index contributed by atoms with van der Waals surface area (Å²) in [6.07, 6.45) is 4.70. The molecule has 0 radical (unpaired) electrons. The van der Waals surface area contributed by atoms with Gasteiger partial charge in [0.1, 0.15) is 5.69 Å². The minimum absolute atomic E-state index is 0.0815. The van der Waals surface area contributed by atoms with Gasteiger partial charge in [-0.3, -0.25) is 9.48 Å². The zero-order valence-corrected chi connectivity index (χ0v) is 16.9. The summed E-state index contributed by atoms with van der Waals surface area (Å²) < 4.78 is 6.88. The summed E-state index contributed by atoms with van der Waals surface area (Å²) in [5, 5.41) is 7.68. The number of methoxy groups -OCH3 is 1. The Balaban J connectivity index is 1.87. The van der Waals surface area contributed by atoms with Crippen molar-refractivity contribution in [1.82, 2.24) is 20.1 Å². The Hall–Kier alpha value is -2.57. The molecule has 27 heavy (non-hydrogen) atoms. The first-order chi connectivity index (χ1) is 12.6. The van der Waals surface area contributed by atoms with Gasteiger partial charge in [-0.1, -0.05) is 0 Å². The molecular formula is C20H28N4O3. The van der Waals surface area contributed by atoms with E-state index >= 15 is 0 Å². The highest BCUT2D eigenvalue weighted by Gasteiger charge is 2.30. The van der Waals surface area contributed by atoms with Gasteiger partial charge in [0.05, 0.1) is 30.5 Å². The van der Waals surface area contributed by atoms with Crippen molar-refractivity contribution in [3.05, 3.63) is 40.0 Å². The maximum atomic E-state index is 12.9. The van der Waals surface area contributed by atoms with Crippen LogP contribution < -0.4 is 5.32 Å². The molecule has 1 aliphatic carbocycles. The van der Waals surface area contributed by atoms with Gasteiger partial charge in [-0.15, -0.1) is 0 Å². The number of esters is 1. The van der Waals surface area contributed by atoms with Gasteiger partial charge in [0.15, 0.2) is 0 Å². The molecule has 1 atom stereocenters. The summed E-state index contributed by atoms with van der Waals surface area (Å²) in [5.74, 6) is -0.654. The second kappa shape index (κ2) is 6.87. The van der Waals surface area contributed by atoms with Gasteiger partial charge in [-0.25, -0.2) is 4.79 Å². The number of nitrogens with one attached hydrogen (secondary N) is 2. The van der Waals surface area contributed by atoms with E-state index < -0.39 is 5.97 Å². The fraction of sp³-hybridized carbons (Fsp3) is 0.550. The Morgan fingerprint density at radius 3 is 2.67 bits per heavy atom. The number of carbonyl (C=O) groups is 2. The lowest BCUT2D eigenvalue weighted by atomic mass is 9.92. The zero-order valence-electron chi connectivity index (χ0n) is 16.9. The number of amides is 1. The van der Waals surface area contributed by atoms with Crippen LogP contribution in [0.15, 0.2) is 6.20 Å². The third kappa shape index (κ3) is 3.38. The lowest BCUT2D eigenvalue weighted by Crippen LogP contribution is -2.33. The third-order valence-electron chi connectivity index (χ3n) is 5.18. The molecule has 146 valence electrons. The highest BCUT2D eigenvalue weighted by Crippen LogP contribution is 2.32. The molecule has 7 heteroatoms. The van der Waals surface area contributed by atoms with Crippen molar-refractivity contribution in [2.24, 2.45) is 0 Å². The number of aryl methyl sites for hydroxylation is 1. The molecule has 2 heterocycles. The molecule has 0 aromatic carbocycles. The van der Waals surface area contributed by atoms with Crippen LogP contribution in [-0.2, 0) is 16.7 Å². The Morgan fingerprint density at radius 2 is 2.04 bits per heavy atom. The molecule has 0 fully saturated rings. The van der Waals surface area contributed by atoms with Crippen LogP contribution in [0.5, 0.6) is 0 Å². The summed E-state index contributed by atoms with van der Waals surface area (Å²) in [5.41, 5.74) is 4.25. The van der Waals surface area contributed by atoms with E-state index in [9.17, 15) is 9.59 Å². The molecule has 0 spiro atoms. The summed E-state index contributed by atoms with van der Waals surface area (Å²) >= 11 is 0. The van der Waals surface area contributed by atoms with Crippen molar-refractivity contribution in [3.63, 3.8) is 0 Å². The number of aromatic nitrogens is 3. The van der Waals surface area contributed by atoms with E-state index in [0.717, 1.165) is 24.8 Å². The van der Waals surface area contributed by atoms with Crippen LogP contribution in [0.4, 0.5) is 0 Å². The number of carbonyl (C=O) groups excluding carboxylic acids is 2. The molecule has 0 saturated carbocycles. The minimum atomic E-state index is -0.438. The summed E-state index contributed by atoms with van der Waals surface area (Å²) in [7, 11) is 1.34. The van der Waals surface area contributed by atoms with Gasteiger partial charge in [-0.05, 0) is 59.4 Å². The SMILES string of the molecule is COC(=O)c1c(C)[nH]c(C(=O)NC2CCCc3c2cnn3C(C)(C)C)c1C. The molecular weight excluding hydrogens is 344 g/mol. The van der Waals surface area contributed by atoms with Crippen LogP contribution in [0.3, 0.4) is 0 Å². The molecule has 1 unspecified atom stereocenters. The smallest absolute Gasteiger partial charge is 0.339 e. The second-order valence-corrected chi connectivity index (χ2v) is 8.16. The number of ether oxygens (including phenoxy) is 1. The van der Waals surface area contributed by atoms with E-state index in [1.165, 1.54) is 12.8 Å². The van der Waals surface area contributed by atoms with Gasteiger partial charge >= 0.3 is 5.97 Å². The summed E-state index contributed by atoms with van der Waals surface area (Å²) in [6, 6.07) is -0.0815. The topological polar surface area (TPSA) is 89.0 Å². The summed E-state index contributed by atoms with van der Waals surface area (Å²) in [6.45, 7) is 9.91. The first kappa shape index (κ1) is 19.2. The first-order valence-electron chi connectivity index (χ1n) is 9.30. The van der Waals surface area contributed by atoms with E-state index in [1.54, 1.807) is 13.8 Å². The van der Waals surface area contributed by atoms with Crippen LogP contribution in [0.2, 0.25) is 0 Å². The molecule has 2 aromatic heterocycles. The van der Waals surface area contributed by atoms with Crippen LogP contribution >= 0.6 is 0 Å². The highest BCUT2D eigenvalue weighted by atomic mass is 16.5. The standard InChI is InChI=1S/C20H28N4O3/c1-11-16(19(26)27-6)12(2)22-17(11)18(25)23-14-8-7-9-15-13(14)10-21-24(15)20(3,4)5/h10,14,22H,7-9H2,1-6H3,(H,23,25). The van der Waals surface area contributed by atoms with E-state index in [4.69, 9.17) is 4.74 Å². The number of H-pyrrole nitrogens is 1. The average Bonchev–Trinajstić information content (AvgIpc) is 3.16. The monoisotopic (exact) mass is 372 g/mol. The molecule has 0 saturated heterocycles. The quantitative estimate of drug-likeness (QED) is 0.810. The molecule has 3 rings (SSSR count). The van der Waals surface area contributed by atoms with E-state index in [-0.39, 0.29) is 17.5 Å². The fourth-order valence-electron chi connectivity index (χ4n) is 3.90. The Labute approximate surface area is 159 Å². The van der Waals surface area contributed by atoms with Gasteiger partial charge in [0.25, 0.3) is 5.91 Å². The number of hydrogen-bond donors (Lipinski definition) is 2.